The van der Waals surface area contributed by atoms with Crippen LogP contribution in [0, 0.1) is 6.92 Å². The summed E-state index contributed by atoms with van der Waals surface area (Å²) in [6, 6.07) is 6.17. The van der Waals surface area contributed by atoms with Crippen molar-refractivity contribution >= 4 is 17.5 Å². The monoisotopic (exact) mass is 291 g/mol. The topological polar surface area (TPSA) is 67.6 Å². The third kappa shape index (κ3) is 4.28. The number of nitrogens with one attached hydrogen (secondary N) is 1. The van der Waals surface area contributed by atoms with Gasteiger partial charge in [0.05, 0.1) is 6.04 Å². The summed E-state index contributed by atoms with van der Waals surface area (Å²) in [6.45, 7) is 9.32. The van der Waals surface area contributed by atoms with E-state index in [1.165, 1.54) is 0 Å². The first-order valence-corrected chi connectivity index (χ1v) is 7.35. The maximum Gasteiger partial charge on any atom is 0.407 e. The molecule has 0 aromatic heterocycles. The molecule has 0 saturated carbocycles. The molecular formula is C16H25N3O2. The van der Waals surface area contributed by atoms with Gasteiger partial charge in [-0.1, -0.05) is 0 Å². The molecule has 116 valence electrons. The summed E-state index contributed by atoms with van der Waals surface area (Å²) in [5, 5.41) is 2.93. The predicted molar refractivity (Wildman–Crippen MR) is 85.6 cm³/mol. The molecule has 0 aliphatic carbocycles. The van der Waals surface area contributed by atoms with Gasteiger partial charge in [0.1, 0.15) is 5.60 Å². The van der Waals surface area contributed by atoms with Crippen LogP contribution in [0.25, 0.3) is 0 Å². The summed E-state index contributed by atoms with van der Waals surface area (Å²) >= 11 is 0. The number of benzene rings is 1. The smallest absolute Gasteiger partial charge is 0.407 e. The van der Waals surface area contributed by atoms with Gasteiger partial charge < -0.3 is 20.7 Å². The average molecular weight is 291 g/mol. The van der Waals surface area contributed by atoms with Crippen LogP contribution in [0.2, 0.25) is 0 Å². The number of anilines is 2. The number of nitrogen functional groups attached to an aromatic ring is 1. The maximum absolute atomic E-state index is 11.8. The van der Waals surface area contributed by atoms with Crippen LogP contribution in [0.1, 0.15) is 32.8 Å². The zero-order valence-corrected chi connectivity index (χ0v) is 13.3. The van der Waals surface area contributed by atoms with E-state index in [0.717, 1.165) is 36.4 Å². The first kappa shape index (κ1) is 15.5. The second kappa shape index (κ2) is 5.84. The van der Waals surface area contributed by atoms with E-state index in [4.69, 9.17) is 10.5 Å². The lowest BCUT2D eigenvalue weighted by Crippen LogP contribution is -2.40. The van der Waals surface area contributed by atoms with E-state index < -0.39 is 5.60 Å². The van der Waals surface area contributed by atoms with Crippen molar-refractivity contribution in [3.63, 3.8) is 0 Å². The van der Waals surface area contributed by atoms with Crippen LogP contribution in [-0.4, -0.2) is 30.8 Å². The molecule has 5 heteroatoms. The minimum atomic E-state index is -0.462. The fraction of sp³-hybridized carbons (Fsp3) is 0.562. The zero-order valence-electron chi connectivity index (χ0n) is 13.3. The SMILES string of the molecule is Cc1cc(N2CCC(NC(=O)OC(C)(C)C)C2)ccc1N. The van der Waals surface area contributed by atoms with Gasteiger partial charge in [0.15, 0.2) is 0 Å². The second-order valence-corrected chi connectivity index (χ2v) is 6.62. The fourth-order valence-corrected chi connectivity index (χ4v) is 2.44. The molecule has 1 aromatic carbocycles. The predicted octanol–water partition coefficient (Wildman–Crippen LogP) is 2.68. The molecular weight excluding hydrogens is 266 g/mol. The van der Waals surface area contributed by atoms with Gasteiger partial charge in [-0.25, -0.2) is 4.79 Å². The number of nitrogens with zero attached hydrogens (tertiary/aromatic N) is 1. The van der Waals surface area contributed by atoms with Gasteiger partial charge in [0.25, 0.3) is 0 Å². The van der Waals surface area contributed by atoms with Gasteiger partial charge in [-0.3, -0.25) is 0 Å². The van der Waals surface area contributed by atoms with Crippen molar-refractivity contribution in [3.8, 4) is 0 Å². The molecule has 1 amide bonds. The Labute approximate surface area is 126 Å². The van der Waals surface area contributed by atoms with Gasteiger partial charge in [-0.2, -0.15) is 0 Å². The molecule has 3 N–H and O–H groups in total. The highest BCUT2D eigenvalue weighted by molar-refractivity contribution is 5.68. The Morgan fingerprint density at radius 2 is 2.14 bits per heavy atom. The summed E-state index contributed by atoms with van der Waals surface area (Å²) in [5.41, 5.74) is 8.42. The van der Waals surface area contributed by atoms with Crippen LogP contribution in [0.4, 0.5) is 16.2 Å². The summed E-state index contributed by atoms with van der Waals surface area (Å²) in [5.74, 6) is 0. The largest absolute Gasteiger partial charge is 0.444 e. The standard InChI is InChI=1S/C16H25N3O2/c1-11-9-13(5-6-14(11)17)19-8-7-12(10-19)18-15(20)21-16(2,3)4/h5-6,9,12H,7-8,10,17H2,1-4H3,(H,18,20). The van der Waals surface area contributed by atoms with Crippen molar-refractivity contribution < 1.29 is 9.53 Å². The van der Waals surface area contributed by atoms with E-state index in [1.807, 2.05) is 39.8 Å². The molecule has 2 rings (SSSR count). The van der Waals surface area contributed by atoms with Crippen LogP contribution in [0.5, 0.6) is 0 Å². The number of carbonyl (C=O) groups is 1. The quantitative estimate of drug-likeness (QED) is 0.822. The third-order valence-electron chi connectivity index (χ3n) is 3.53. The van der Waals surface area contributed by atoms with E-state index in [2.05, 4.69) is 16.3 Å². The Morgan fingerprint density at radius 3 is 2.76 bits per heavy atom. The Bertz CT molecular complexity index is 523. The molecule has 1 atom stereocenters. The molecule has 1 fully saturated rings. The molecule has 5 nitrogen and oxygen atoms in total. The third-order valence-corrected chi connectivity index (χ3v) is 3.53. The van der Waals surface area contributed by atoms with Gasteiger partial charge >= 0.3 is 6.09 Å². The van der Waals surface area contributed by atoms with Gasteiger partial charge in [-0.05, 0) is 57.9 Å². The number of amides is 1. The summed E-state index contributed by atoms with van der Waals surface area (Å²) in [6.07, 6.45) is 0.575. The number of ether oxygens (including phenoxy) is 1. The van der Waals surface area contributed by atoms with Crippen molar-refractivity contribution in [1.29, 1.82) is 0 Å². The lowest BCUT2D eigenvalue weighted by molar-refractivity contribution is 0.0509. The normalized spacial score (nSPS) is 18.7. The molecule has 1 aliphatic rings. The fourth-order valence-electron chi connectivity index (χ4n) is 2.44. The second-order valence-electron chi connectivity index (χ2n) is 6.62. The number of nitrogens with two attached hydrogens (primary N) is 1. The first-order chi connectivity index (χ1) is 9.74. The molecule has 1 saturated heterocycles. The van der Waals surface area contributed by atoms with E-state index >= 15 is 0 Å². The van der Waals surface area contributed by atoms with Gasteiger partial charge in [-0.15, -0.1) is 0 Å². The summed E-state index contributed by atoms with van der Waals surface area (Å²) in [7, 11) is 0. The van der Waals surface area contributed by atoms with Crippen molar-refractivity contribution in [1.82, 2.24) is 5.32 Å². The van der Waals surface area contributed by atoms with Crippen molar-refractivity contribution in [3.05, 3.63) is 23.8 Å². The maximum atomic E-state index is 11.8. The first-order valence-electron chi connectivity index (χ1n) is 7.35. The van der Waals surface area contributed by atoms with Crippen LogP contribution >= 0.6 is 0 Å². The molecule has 0 radical (unpaired) electrons. The Hall–Kier alpha value is -1.91. The van der Waals surface area contributed by atoms with Crippen molar-refractivity contribution in [2.75, 3.05) is 23.7 Å². The Balaban J connectivity index is 1.91. The molecule has 1 aromatic rings. The number of alkyl carbamates (subject to hydrolysis) is 1. The number of rotatable bonds is 2. The Kier molecular flexibility index (Phi) is 4.30. The molecule has 1 aliphatic heterocycles. The summed E-state index contributed by atoms with van der Waals surface area (Å²) < 4.78 is 5.29. The molecule has 0 bridgehead atoms. The zero-order chi connectivity index (χ0) is 15.6. The minimum Gasteiger partial charge on any atom is -0.444 e. The minimum absolute atomic E-state index is 0.123. The van der Waals surface area contributed by atoms with E-state index in [1.54, 1.807) is 0 Å². The molecule has 21 heavy (non-hydrogen) atoms. The van der Waals surface area contributed by atoms with Gasteiger partial charge in [0.2, 0.25) is 0 Å². The highest BCUT2D eigenvalue weighted by Gasteiger charge is 2.26. The molecule has 1 unspecified atom stereocenters. The van der Waals surface area contributed by atoms with Crippen molar-refractivity contribution in [2.24, 2.45) is 0 Å². The van der Waals surface area contributed by atoms with Crippen LogP contribution < -0.4 is 16.0 Å². The highest BCUT2D eigenvalue weighted by atomic mass is 16.6. The van der Waals surface area contributed by atoms with E-state index in [9.17, 15) is 4.79 Å². The summed E-state index contributed by atoms with van der Waals surface area (Å²) in [4.78, 5) is 14.0. The number of aryl methyl sites for hydroxylation is 1. The van der Waals surface area contributed by atoms with E-state index in [-0.39, 0.29) is 12.1 Å². The van der Waals surface area contributed by atoms with Crippen LogP contribution in [-0.2, 0) is 4.74 Å². The Morgan fingerprint density at radius 1 is 1.43 bits per heavy atom. The van der Waals surface area contributed by atoms with Gasteiger partial charge in [0, 0.05) is 24.5 Å². The molecule has 0 spiro atoms. The molecule has 1 heterocycles. The van der Waals surface area contributed by atoms with Crippen LogP contribution in [0.3, 0.4) is 0 Å². The average Bonchev–Trinajstić information content (AvgIpc) is 2.78. The van der Waals surface area contributed by atoms with Crippen molar-refractivity contribution in [2.45, 2.75) is 45.8 Å². The lowest BCUT2D eigenvalue weighted by atomic mass is 10.2. The lowest BCUT2D eigenvalue weighted by Gasteiger charge is -2.22. The van der Waals surface area contributed by atoms with E-state index in [0.29, 0.717) is 0 Å². The van der Waals surface area contributed by atoms with Crippen LogP contribution in [0.15, 0.2) is 18.2 Å². The number of hydrogen-bond acceptors (Lipinski definition) is 4. The number of hydrogen-bond donors (Lipinski definition) is 2. The highest BCUT2D eigenvalue weighted by Crippen LogP contribution is 2.24. The number of carbonyl (C=O) groups excluding carboxylic acids is 1.